The van der Waals surface area contributed by atoms with Gasteiger partial charge in [0.2, 0.25) is 0 Å². The van der Waals surface area contributed by atoms with Crippen molar-refractivity contribution in [1.82, 2.24) is 4.90 Å². The number of amides is 1. The van der Waals surface area contributed by atoms with Crippen LogP contribution in [0, 0.1) is 0 Å². The number of halogens is 4. The number of carbonyl (C=O) groups is 1. The monoisotopic (exact) mass is 428 g/mol. The molecule has 1 aliphatic heterocycles. The van der Waals surface area contributed by atoms with E-state index in [1.54, 1.807) is 17.0 Å². The molecule has 1 heterocycles. The molecule has 0 aromatic heterocycles. The van der Waals surface area contributed by atoms with Crippen LogP contribution in [0.3, 0.4) is 0 Å². The minimum absolute atomic E-state index is 0.225. The molecule has 2 aromatic rings. The smallest absolute Gasteiger partial charge is 0.416 e. The molecule has 0 bridgehead atoms. The molecule has 1 fully saturated rings. The third-order valence-corrected chi connectivity index (χ3v) is 5.07. The molecule has 29 heavy (non-hydrogen) atoms. The van der Waals surface area contributed by atoms with Crippen LogP contribution < -0.4 is 14.4 Å². The predicted octanol–water partition coefficient (Wildman–Crippen LogP) is 4.34. The van der Waals surface area contributed by atoms with Crippen molar-refractivity contribution >= 4 is 23.2 Å². The molecule has 0 saturated carbocycles. The number of piperazine rings is 1. The van der Waals surface area contributed by atoms with E-state index in [-0.39, 0.29) is 10.9 Å². The molecular weight excluding hydrogens is 409 g/mol. The van der Waals surface area contributed by atoms with Gasteiger partial charge in [0.1, 0.15) is 0 Å². The highest BCUT2D eigenvalue weighted by molar-refractivity contribution is 6.32. The Morgan fingerprint density at radius 2 is 1.72 bits per heavy atom. The van der Waals surface area contributed by atoms with Crippen molar-refractivity contribution in [3.05, 3.63) is 52.5 Å². The third kappa shape index (κ3) is 4.53. The second-order valence-electron chi connectivity index (χ2n) is 6.52. The lowest BCUT2D eigenvalue weighted by molar-refractivity contribution is -0.137. The minimum atomic E-state index is -4.39. The lowest BCUT2D eigenvalue weighted by atomic mass is 10.1. The molecule has 3 rings (SSSR count). The van der Waals surface area contributed by atoms with E-state index in [0.717, 1.165) is 12.1 Å². The van der Waals surface area contributed by atoms with E-state index in [9.17, 15) is 18.0 Å². The second kappa shape index (κ2) is 8.41. The average Bonchev–Trinajstić information content (AvgIpc) is 2.72. The van der Waals surface area contributed by atoms with Crippen LogP contribution in [0.2, 0.25) is 5.02 Å². The fraction of sp³-hybridized carbons (Fsp3) is 0.350. The Hall–Kier alpha value is -2.61. The summed E-state index contributed by atoms with van der Waals surface area (Å²) in [4.78, 5) is 16.3. The summed E-state index contributed by atoms with van der Waals surface area (Å²) in [6, 6.07) is 8.29. The first kappa shape index (κ1) is 21.1. The molecule has 1 aliphatic rings. The van der Waals surface area contributed by atoms with Crippen LogP contribution in [0.5, 0.6) is 11.5 Å². The molecule has 9 heteroatoms. The minimum Gasteiger partial charge on any atom is -0.493 e. The summed E-state index contributed by atoms with van der Waals surface area (Å²) in [5, 5.41) is 0.262. The molecule has 1 amide bonds. The van der Waals surface area contributed by atoms with Crippen molar-refractivity contribution in [2.24, 2.45) is 0 Å². The summed E-state index contributed by atoms with van der Waals surface area (Å²) < 4.78 is 49.2. The Bertz CT molecular complexity index is 897. The first-order valence-electron chi connectivity index (χ1n) is 8.87. The van der Waals surface area contributed by atoms with Gasteiger partial charge in [-0.3, -0.25) is 4.79 Å². The maximum Gasteiger partial charge on any atom is 0.416 e. The van der Waals surface area contributed by atoms with Gasteiger partial charge in [0.05, 0.1) is 24.8 Å². The summed E-state index contributed by atoms with van der Waals surface area (Å²) in [7, 11) is 2.91. The summed E-state index contributed by atoms with van der Waals surface area (Å²) in [5.41, 5.74) is 0.162. The number of carbonyl (C=O) groups excluding carboxylic acids is 1. The van der Waals surface area contributed by atoms with Crippen molar-refractivity contribution < 1.29 is 27.4 Å². The van der Waals surface area contributed by atoms with Gasteiger partial charge < -0.3 is 19.3 Å². The van der Waals surface area contributed by atoms with E-state index in [1.807, 2.05) is 4.90 Å². The van der Waals surface area contributed by atoms with E-state index >= 15 is 0 Å². The number of anilines is 1. The summed E-state index contributed by atoms with van der Waals surface area (Å²) >= 11 is 6.18. The predicted molar refractivity (Wildman–Crippen MR) is 104 cm³/mol. The molecule has 0 atom stereocenters. The number of methoxy groups -OCH3 is 2. The van der Waals surface area contributed by atoms with Crippen LogP contribution in [0.1, 0.15) is 15.9 Å². The summed E-state index contributed by atoms with van der Waals surface area (Å²) in [6.07, 6.45) is -4.39. The molecule has 0 aliphatic carbocycles. The van der Waals surface area contributed by atoms with Gasteiger partial charge >= 0.3 is 6.18 Å². The SMILES string of the molecule is COc1cc(C(=O)N2CCN(c3cccc(C(F)(F)F)c3)CC2)cc(Cl)c1OC. The van der Waals surface area contributed by atoms with E-state index in [2.05, 4.69) is 0 Å². The van der Waals surface area contributed by atoms with Crippen LogP contribution in [-0.4, -0.2) is 51.2 Å². The van der Waals surface area contributed by atoms with Gasteiger partial charge in [0.15, 0.2) is 11.5 Å². The van der Waals surface area contributed by atoms with E-state index < -0.39 is 11.7 Å². The van der Waals surface area contributed by atoms with Crippen LogP contribution in [0.15, 0.2) is 36.4 Å². The lowest BCUT2D eigenvalue weighted by Gasteiger charge is -2.36. The van der Waals surface area contributed by atoms with Crippen molar-refractivity contribution in [2.45, 2.75) is 6.18 Å². The van der Waals surface area contributed by atoms with Gasteiger partial charge in [-0.25, -0.2) is 0 Å². The largest absolute Gasteiger partial charge is 0.493 e. The zero-order chi connectivity index (χ0) is 21.2. The highest BCUT2D eigenvalue weighted by Crippen LogP contribution is 2.36. The number of alkyl halides is 3. The third-order valence-electron chi connectivity index (χ3n) is 4.79. The summed E-state index contributed by atoms with van der Waals surface area (Å²) in [6.45, 7) is 1.60. The van der Waals surface area contributed by atoms with E-state index in [0.29, 0.717) is 48.9 Å². The highest BCUT2D eigenvalue weighted by atomic mass is 35.5. The van der Waals surface area contributed by atoms with Gasteiger partial charge in [-0.1, -0.05) is 17.7 Å². The van der Waals surface area contributed by atoms with E-state index in [4.69, 9.17) is 21.1 Å². The highest BCUT2D eigenvalue weighted by Gasteiger charge is 2.31. The number of hydrogen-bond acceptors (Lipinski definition) is 4. The lowest BCUT2D eigenvalue weighted by Crippen LogP contribution is -2.48. The molecule has 0 radical (unpaired) electrons. The molecule has 2 aromatic carbocycles. The van der Waals surface area contributed by atoms with Gasteiger partial charge in [-0.05, 0) is 30.3 Å². The average molecular weight is 429 g/mol. The van der Waals surface area contributed by atoms with E-state index in [1.165, 1.54) is 26.4 Å². The Balaban J connectivity index is 1.71. The maximum absolute atomic E-state index is 12.9. The molecule has 0 unspecified atom stereocenters. The van der Waals surface area contributed by atoms with Gasteiger partial charge in [-0.2, -0.15) is 13.2 Å². The van der Waals surface area contributed by atoms with Crippen molar-refractivity contribution in [3.63, 3.8) is 0 Å². The Kier molecular flexibility index (Phi) is 6.12. The Morgan fingerprint density at radius 1 is 1.03 bits per heavy atom. The van der Waals surface area contributed by atoms with Crippen LogP contribution in [-0.2, 0) is 6.18 Å². The Labute approximate surface area is 171 Å². The number of nitrogens with zero attached hydrogens (tertiary/aromatic N) is 2. The maximum atomic E-state index is 12.9. The second-order valence-corrected chi connectivity index (χ2v) is 6.93. The number of rotatable bonds is 4. The number of benzene rings is 2. The van der Waals surface area contributed by atoms with Gasteiger partial charge in [-0.15, -0.1) is 0 Å². The molecule has 156 valence electrons. The topological polar surface area (TPSA) is 42.0 Å². The van der Waals surface area contributed by atoms with Gasteiger partial charge in [0, 0.05) is 37.4 Å². The van der Waals surface area contributed by atoms with Crippen molar-refractivity contribution in [1.29, 1.82) is 0 Å². The Morgan fingerprint density at radius 3 is 2.31 bits per heavy atom. The quantitative estimate of drug-likeness (QED) is 0.726. The number of hydrogen-bond donors (Lipinski definition) is 0. The standard InChI is InChI=1S/C20H20ClF3N2O3/c1-28-17-11-13(10-16(21)18(17)29-2)19(27)26-8-6-25(7-9-26)15-5-3-4-14(12-15)20(22,23)24/h3-5,10-12H,6-9H2,1-2H3. The fourth-order valence-corrected chi connectivity index (χ4v) is 3.56. The van der Waals surface area contributed by atoms with Crippen LogP contribution in [0.25, 0.3) is 0 Å². The first-order valence-corrected chi connectivity index (χ1v) is 9.25. The molecule has 1 saturated heterocycles. The van der Waals surface area contributed by atoms with Crippen LogP contribution in [0.4, 0.5) is 18.9 Å². The first-order chi connectivity index (χ1) is 13.7. The fourth-order valence-electron chi connectivity index (χ4n) is 3.27. The van der Waals surface area contributed by atoms with Crippen molar-refractivity contribution in [2.75, 3.05) is 45.3 Å². The van der Waals surface area contributed by atoms with Gasteiger partial charge in [0.25, 0.3) is 5.91 Å². The number of ether oxygens (including phenoxy) is 2. The van der Waals surface area contributed by atoms with Crippen molar-refractivity contribution in [3.8, 4) is 11.5 Å². The zero-order valence-electron chi connectivity index (χ0n) is 15.9. The molecular formula is C20H20ClF3N2O3. The normalized spacial score (nSPS) is 14.7. The summed E-state index contributed by atoms with van der Waals surface area (Å²) in [5.74, 6) is 0.475. The molecule has 0 N–H and O–H groups in total. The molecule has 5 nitrogen and oxygen atoms in total. The zero-order valence-corrected chi connectivity index (χ0v) is 16.7. The molecule has 0 spiro atoms. The van der Waals surface area contributed by atoms with Crippen LogP contribution >= 0.6 is 11.6 Å².